The van der Waals surface area contributed by atoms with E-state index in [1.807, 2.05) is 13.0 Å². The highest BCUT2D eigenvalue weighted by molar-refractivity contribution is 5.51. The van der Waals surface area contributed by atoms with Gasteiger partial charge in [0.05, 0.1) is 0 Å². The molecule has 3 heteroatoms. The molecule has 1 saturated heterocycles. The van der Waals surface area contributed by atoms with Crippen LogP contribution in [-0.4, -0.2) is 30.6 Å². The second-order valence-corrected chi connectivity index (χ2v) is 6.03. The van der Waals surface area contributed by atoms with Crippen molar-refractivity contribution in [3.63, 3.8) is 0 Å². The second kappa shape index (κ2) is 6.38. The molecule has 0 atom stereocenters. The Bertz CT molecular complexity index is 409. The van der Waals surface area contributed by atoms with Crippen molar-refractivity contribution in [3.8, 4) is 0 Å². The summed E-state index contributed by atoms with van der Waals surface area (Å²) in [6, 6.07) is 5.74. The summed E-state index contributed by atoms with van der Waals surface area (Å²) >= 11 is 0. The van der Waals surface area contributed by atoms with Gasteiger partial charge < -0.3 is 10.2 Å². The minimum absolute atomic E-state index is 0.123. The van der Waals surface area contributed by atoms with E-state index in [1.54, 1.807) is 6.07 Å². The second-order valence-electron chi connectivity index (χ2n) is 6.03. The van der Waals surface area contributed by atoms with Gasteiger partial charge >= 0.3 is 0 Å². The molecule has 2 rings (SSSR count). The maximum Gasteiger partial charge on any atom is 0.128 e. The first-order valence-corrected chi connectivity index (χ1v) is 7.30. The van der Waals surface area contributed by atoms with Crippen LogP contribution in [0.3, 0.4) is 0 Å². The average Bonchev–Trinajstić information content (AvgIpc) is 2.37. The first kappa shape index (κ1) is 14.3. The molecule has 1 heterocycles. The Morgan fingerprint density at radius 1 is 1.32 bits per heavy atom. The SMILES string of the molecule is Cc1c(F)cccc1NC1CCN(CC(C)C)CC1. The fourth-order valence-corrected chi connectivity index (χ4v) is 2.76. The Balaban J connectivity index is 1.87. The molecule has 1 aliphatic rings. The summed E-state index contributed by atoms with van der Waals surface area (Å²) in [6.45, 7) is 9.84. The zero-order valence-electron chi connectivity index (χ0n) is 12.2. The van der Waals surface area contributed by atoms with Gasteiger partial charge in [0, 0.05) is 36.9 Å². The van der Waals surface area contributed by atoms with Crippen LogP contribution in [0.2, 0.25) is 0 Å². The van der Waals surface area contributed by atoms with Crippen molar-refractivity contribution in [2.24, 2.45) is 5.92 Å². The molecule has 19 heavy (non-hydrogen) atoms. The minimum atomic E-state index is -0.123. The van der Waals surface area contributed by atoms with Crippen LogP contribution in [0.4, 0.5) is 10.1 Å². The van der Waals surface area contributed by atoms with Gasteiger partial charge in [0.2, 0.25) is 0 Å². The predicted octanol–water partition coefficient (Wildman–Crippen LogP) is 3.67. The van der Waals surface area contributed by atoms with Crippen molar-refractivity contribution in [2.45, 2.75) is 39.7 Å². The van der Waals surface area contributed by atoms with Gasteiger partial charge in [-0.2, -0.15) is 0 Å². The van der Waals surface area contributed by atoms with Crippen molar-refractivity contribution in [1.29, 1.82) is 0 Å². The molecule has 0 unspecified atom stereocenters. The Kier molecular flexibility index (Phi) is 4.81. The van der Waals surface area contributed by atoms with Crippen LogP contribution >= 0.6 is 0 Å². The van der Waals surface area contributed by atoms with Crippen LogP contribution in [-0.2, 0) is 0 Å². The Hall–Kier alpha value is -1.09. The minimum Gasteiger partial charge on any atom is -0.382 e. The van der Waals surface area contributed by atoms with Crippen LogP contribution in [0.5, 0.6) is 0 Å². The largest absolute Gasteiger partial charge is 0.382 e. The van der Waals surface area contributed by atoms with Crippen molar-refractivity contribution in [2.75, 3.05) is 25.0 Å². The van der Waals surface area contributed by atoms with Gasteiger partial charge in [-0.05, 0) is 37.8 Å². The molecule has 0 spiro atoms. The average molecular weight is 264 g/mol. The smallest absolute Gasteiger partial charge is 0.128 e. The standard InChI is InChI=1S/C16H25FN2/c1-12(2)11-19-9-7-14(8-10-19)18-16-6-4-5-15(17)13(16)3/h4-6,12,14,18H,7-11H2,1-3H3. The molecule has 1 aliphatic heterocycles. The fourth-order valence-electron chi connectivity index (χ4n) is 2.76. The lowest BCUT2D eigenvalue weighted by Gasteiger charge is -2.34. The lowest BCUT2D eigenvalue weighted by atomic mass is 10.0. The molecule has 1 fully saturated rings. The van der Waals surface area contributed by atoms with E-state index in [1.165, 1.54) is 12.6 Å². The summed E-state index contributed by atoms with van der Waals surface area (Å²) in [4.78, 5) is 2.53. The highest BCUT2D eigenvalue weighted by atomic mass is 19.1. The van der Waals surface area contributed by atoms with Gasteiger partial charge in [-0.25, -0.2) is 4.39 Å². The number of rotatable bonds is 4. The summed E-state index contributed by atoms with van der Waals surface area (Å²) in [5.41, 5.74) is 1.68. The van der Waals surface area contributed by atoms with Crippen LogP contribution in [0.25, 0.3) is 0 Å². The molecular weight excluding hydrogens is 239 g/mol. The molecule has 1 N–H and O–H groups in total. The lowest BCUT2D eigenvalue weighted by Crippen LogP contribution is -2.40. The molecule has 2 nitrogen and oxygen atoms in total. The number of anilines is 1. The predicted molar refractivity (Wildman–Crippen MR) is 79.1 cm³/mol. The molecule has 1 aromatic rings. The number of piperidine rings is 1. The fraction of sp³-hybridized carbons (Fsp3) is 0.625. The highest BCUT2D eigenvalue weighted by Crippen LogP contribution is 2.22. The van der Waals surface area contributed by atoms with Crippen LogP contribution in [0.1, 0.15) is 32.3 Å². The van der Waals surface area contributed by atoms with E-state index in [9.17, 15) is 4.39 Å². The van der Waals surface area contributed by atoms with E-state index in [2.05, 4.69) is 24.1 Å². The highest BCUT2D eigenvalue weighted by Gasteiger charge is 2.20. The zero-order chi connectivity index (χ0) is 13.8. The molecule has 0 saturated carbocycles. The van der Waals surface area contributed by atoms with Crippen molar-refractivity contribution in [3.05, 3.63) is 29.6 Å². The maximum absolute atomic E-state index is 13.5. The van der Waals surface area contributed by atoms with Crippen molar-refractivity contribution < 1.29 is 4.39 Å². The molecule has 0 bridgehead atoms. The van der Waals surface area contributed by atoms with Gasteiger partial charge in [-0.1, -0.05) is 19.9 Å². The van der Waals surface area contributed by atoms with Gasteiger partial charge in [0.25, 0.3) is 0 Å². The van der Waals surface area contributed by atoms with Crippen molar-refractivity contribution in [1.82, 2.24) is 4.90 Å². The molecular formula is C16H25FN2. The zero-order valence-corrected chi connectivity index (χ0v) is 12.2. The van der Waals surface area contributed by atoms with Gasteiger partial charge in [0.1, 0.15) is 5.82 Å². The number of hydrogen-bond acceptors (Lipinski definition) is 2. The first-order chi connectivity index (χ1) is 9.06. The summed E-state index contributed by atoms with van der Waals surface area (Å²) in [7, 11) is 0. The van der Waals surface area contributed by atoms with Crippen LogP contribution in [0.15, 0.2) is 18.2 Å². The van der Waals surface area contributed by atoms with Gasteiger partial charge in [-0.15, -0.1) is 0 Å². The number of nitrogens with one attached hydrogen (secondary N) is 1. The van der Waals surface area contributed by atoms with Crippen molar-refractivity contribution >= 4 is 5.69 Å². The number of likely N-dealkylation sites (tertiary alicyclic amines) is 1. The first-order valence-electron chi connectivity index (χ1n) is 7.30. The Labute approximate surface area is 116 Å². The third-order valence-electron chi connectivity index (χ3n) is 3.84. The third kappa shape index (κ3) is 3.93. The number of hydrogen-bond donors (Lipinski definition) is 1. The van der Waals surface area contributed by atoms with Gasteiger partial charge in [0.15, 0.2) is 0 Å². The van der Waals surface area contributed by atoms with Crippen LogP contribution < -0.4 is 5.32 Å². The summed E-state index contributed by atoms with van der Waals surface area (Å²) in [6.07, 6.45) is 2.28. The monoisotopic (exact) mass is 264 g/mol. The van der Waals surface area contributed by atoms with E-state index in [4.69, 9.17) is 0 Å². The Morgan fingerprint density at radius 2 is 2.00 bits per heavy atom. The van der Waals surface area contributed by atoms with E-state index >= 15 is 0 Å². The summed E-state index contributed by atoms with van der Waals surface area (Å²) in [5, 5.41) is 3.50. The molecule has 0 aromatic heterocycles. The molecule has 106 valence electrons. The van der Waals surface area contributed by atoms with E-state index in [0.717, 1.165) is 43.1 Å². The number of benzene rings is 1. The maximum atomic E-state index is 13.5. The number of nitrogens with zero attached hydrogens (tertiary/aromatic N) is 1. The number of halogens is 1. The molecule has 1 aromatic carbocycles. The quantitative estimate of drug-likeness (QED) is 0.892. The van der Waals surface area contributed by atoms with Gasteiger partial charge in [-0.3, -0.25) is 0 Å². The van der Waals surface area contributed by atoms with E-state index in [0.29, 0.717) is 6.04 Å². The summed E-state index contributed by atoms with van der Waals surface area (Å²) in [5.74, 6) is 0.609. The van der Waals surface area contributed by atoms with E-state index < -0.39 is 0 Å². The molecule has 0 radical (unpaired) electrons. The Morgan fingerprint density at radius 3 is 2.63 bits per heavy atom. The molecule has 0 aliphatic carbocycles. The summed E-state index contributed by atoms with van der Waals surface area (Å²) < 4.78 is 13.5. The van der Waals surface area contributed by atoms with Crippen LogP contribution in [0, 0.1) is 18.7 Å². The third-order valence-corrected chi connectivity index (χ3v) is 3.84. The normalized spacial score (nSPS) is 17.9. The van der Waals surface area contributed by atoms with E-state index in [-0.39, 0.29) is 5.82 Å². The topological polar surface area (TPSA) is 15.3 Å². The lowest BCUT2D eigenvalue weighted by molar-refractivity contribution is 0.198. The molecule has 0 amide bonds.